The number of anilines is 3. The van der Waals surface area contributed by atoms with Crippen LogP contribution >= 0.6 is 0 Å². The number of aromatic amines is 1. The molecule has 0 saturated heterocycles. The summed E-state index contributed by atoms with van der Waals surface area (Å²) in [4.78, 5) is 42.2. The van der Waals surface area contributed by atoms with Gasteiger partial charge in [0.15, 0.2) is 0 Å². The highest BCUT2D eigenvalue weighted by Crippen LogP contribution is 2.23. The van der Waals surface area contributed by atoms with E-state index in [0.717, 1.165) is 29.7 Å². The molecule has 8 heteroatoms. The maximum Gasteiger partial charge on any atom is 0.330 e. The largest absolute Gasteiger partial charge is 0.383 e. The number of rotatable bonds is 10. The molecule has 0 saturated carbocycles. The van der Waals surface area contributed by atoms with Crippen molar-refractivity contribution < 1.29 is 4.79 Å². The summed E-state index contributed by atoms with van der Waals surface area (Å²) in [5.41, 5.74) is 8.31. The Kier molecular flexibility index (Phi) is 8.69. The van der Waals surface area contributed by atoms with Crippen LogP contribution in [0.3, 0.4) is 0 Å². The van der Waals surface area contributed by atoms with Gasteiger partial charge >= 0.3 is 5.69 Å². The van der Waals surface area contributed by atoms with Gasteiger partial charge in [-0.2, -0.15) is 0 Å². The SMILES string of the molecule is CCc1cccc(CC)c1NC(=O)CN(CC(C)C)c1c(N)n(CC(C)C)c(=O)[nH]c1=O. The molecule has 32 heavy (non-hydrogen) atoms. The fraction of sp³-hybridized carbons (Fsp3) is 0.542. The van der Waals surface area contributed by atoms with Gasteiger partial charge in [0.25, 0.3) is 5.56 Å². The second-order valence-corrected chi connectivity index (χ2v) is 8.98. The van der Waals surface area contributed by atoms with Gasteiger partial charge in [-0.3, -0.25) is 19.1 Å². The highest BCUT2D eigenvalue weighted by atomic mass is 16.2. The molecule has 0 spiro atoms. The van der Waals surface area contributed by atoms with Crippen LogP contribution in [0.1, 0.15) is 52.7 Å². The van der Waals surface area contributed by atoms with E-state index in [0.29, 0.717) is 13.1 Å². The first-order valence-corrected chi connectivity index (χ1v) is 11.4. The van der Waals surface area contributed by atoms with Crippen molar-refractivity contribution in [3.63, 3.8) is 0 Å². The molecule has 8 nitrogen and oxygen atoms in total. The van der Waals surface area contributed by atoms with Crippen LogP contribution in [0, 0.1) is 11.8 Å². The summed E-state index contributed by atoms with van der Waals surface area (Å²) >= 11 is 0. The first kappa shape index (κ1) is 25.2. The Morgan fingerprint density at radius 1 is 1.09 bits per heavy atom. The van der Waals surface area contributed by atoms with Crippen LogP contribution in [0.25, 0.3) is 0 Å². The van der Waals surface area contributed by atoms with E-state index in [1.54, 1.807) is 4.90 Å². The zero-order valence-corrected chi connectivity index (χ0v) is 20.1. The third-order valence-corrected chi connectivity index (χ3v) is 5.26. The molecule has 1 amide bonds. The van der Waals surface area contributed by atoms with Gasteiger partial charge in [-0.1, -0.05) is 59.7 Å². The average Bonchev–Trinajstić information content (AvgIpc) is 2.70. The molecule has 0 unspecified atom stereocenters. The lowest BCUT2D eigenvalue weighted by molar-refractivity contribution is -0.115. The molecule has 0 aliphatic carbocycles. The van der Waals surface area contributed by atoms with Gasteiger partial charge in [-0.25, -0.2) is 4.79 Å². The molecular formula is C24H37N5O3. The minimum atomic E-state index is -0.579. The number of carbonyl (C=O) groups is 1. The van der Waals surface area contributed by atoms with Crippen molar-refractivity contribution in [3.8, 4) is 0 Å². The highest BCUT2D eigenvalue weighted by Gasteiger charge is 2.23. The summed E-state index contributed by atoms with van der Waals surface area (Å²) < 4.78 is 1.37. The van der Waals surface area contributed by atoms with Gasteiger partial charge in [-0.15, -0.1) is 0 Å². The monoisotopic (exact) mass is 443 g/mol. The quantitative estimate of drug-likeness (QED) is 0.522. The molecule has 0 bridgehead atoms. The van der Waals surface area contributed by atoms with Crippen LogP contribution in [0.2, 0.25) is 0 Å². The second-order valence-electron chi connectivity index (χ2n) is 8.98. The topological polar surface area (TPSA) is 113 Å². The smallest absolute Gasteiger partial charge is 0.330 e. The Bertz CT molecular complexity index is 1030. The number of hydrogen-bond donors (Lipinski definition) is 3. The number of carbonyl (C=O) groups excluding carboxylic acids is 1. The minimum Gasteiger partial charge on any atom is -0.383 e. The minimum absolute atomic E-state index is 0.0491. The number of nitrogens with one attached hydrogen (secondary N) is 2. The van der Waals surface area contributed by atoms with Gasteiger partial charge in [0, 0.05) is 18.8 Å². The number of para-hydroxylation sites is 1. The number of benzene rings is 1. The first-order valence-electron chi connectivity index (χ1n) is 11.4. The van der Waals surface area contributed by atoms with Crippen molar-refractivity contribution in [2.75, 3.05) is 29.0 Å². The van der Waals surface area contributed by atoms with E-state index in [-0.39, 0.29) is 35.8 Å². The van der Waals surface area contributed by atoms with Crippen LogP contribution in [0.15, 0.2) is 27.8 Å². The molecule has 176 valence electrons. The predicted molar refractivity (Wildman–Crippen MR) is 131 cm³/mol. The molecule has 1 aromatic heterocycles. The van der Waals surface area contributed by atoms with Crippen LogP contribution < -0.4 is 27.2 Å². The summed E-state index contributed by atoms with van der Waals surface area (Å²) in [6.07, 6.45) is 1.60. The lowest BCUT2D eigenvalue weighted by atomic mass is 10.0. The van der Waals surface area contributed by atoms with E-state index in [2.05, 4.69) is 10.3 Å². The molecule has 0 atom stereocenters. The first-order chi connectivity index (χ1) is 15.1. The van der Waals surface area contributed by atoms with Crippen molar-refractivity contribution in [2.45, 2.75) is 60.9 Å². The van der Waals surface area contributed by atoms with E-state index >= 15 is 0 Å². The second kappa shape index (κ2) is 11.0. The van der Waals surface area contributed by atoms with E-state index in [1.807, 2.05) is 59.7 Å². The van der Waals surface area contributed by atoms with Crippen molar-refractivity contribution in [1.82, 2.24) is 9.55 Å². The fourth-order valence-electron chi connectivity index (χ4n) is 3.86. The molecule has 2 rings (SSSR count). The Labute approximate surface area is 189 Å². The number of aryl methyl sites for hydroxylation is 2. The van der Waals surface area contributed by atoms with E-state index in [4.69, 9.17) is 5.73 Å². The van der Waals surface area contributed by atoms with Gasteiger partial charge in [0.2, 0.25) is 5.91 Å². The Hall–Kier alpha value is -3.03. The lowest BCUT2D eigenvalue weighted by Crippen LogP contribution is -2.43. The fourth-order valence-corrected chi connectivity index (χ4v) is 3.86. The number of amides is 1. The maximum atomic E-state index is 13.1. The molecule has 4 N–H and O–H groups in total. The van der Waals surface area contributed by atoms with Crippen LogP contribution in [-0.2, 0) is 24.2 Å². The number of hydrogen-bond acceptors (Lipinski definition) is 5. The number of H-pyrrole nitrogens is 1. The van der Waals surface area contributed by atoms with Gasteiger partial charge < -0.3 is 16.0 Å². The highest BCUT2D eigenvalue weighted by molar-refractivity contribution is 5.95. The molecule has 0 aliphatic rings. The van der Waals surface area contributed by atoms with Gasteiger partial charge in [0.05, 0.1) is 6.54 Å². The summed E-state index contributed by atoms with van der Waals surface area (Å²) in [6, 6.07) is 6.01. The number of nitrogens with two attached hydrogens (primary N) is 1. The third-order valence-electron chi connectivity index (χ3n) is 5.26. The van der Waals surface area contributed by atoms with Gasteiger partial charge in [0.1, 0.15) is 11.5 Å². The van der Waals surface area contributed by atoms with Crippen molar-refractivity contribution >= 4 is 23.1 Å². The molecule has 0 aliphatic heterocycles. The Balaban J connectivity index is 2.44. The molecule has 0 fully saturated rings. The van der Waals surface area contributed by atoms with Crippen molar-refractivity contribution in [2.24, 2.45) is 11.8 Å². The third kappa shape index (κ3) is 6.02. The number of aromatic nitrogens is 2. The summed E-state index contributed by atoms with van der Waals surface area (Å²) in [7, 11) is 0. The van der Waals surface area contributed by atoms with E-state index in [9.17, 15) is 14.4 Å². The summed E-state index contributed by atoms with van der Waals surface area (Å²) in [5, 5.41) is 3.05. The van der Waals surface area contributed by atoms with Crippen LogP contribution in [-0.4, -0.2) is 28.5 Å². The van der Waals surface area contributed by atoms with Crippen LogP contribution in [0.5, 0.6) is 0 Å². The molecule has 2 aromatic rings. The molecular weight excluding hydrogens is 406 g/mol. The number of nitrogens with zero attached hydrogens (tertiary/aromatic N) is 2. The van der Waals surface area contributed by atoms with Gasteiger partial charge in [-0.05, 0) is 35.8 Å². The Morgan fingerprint density at radius 3 is 2.19 bits per heavy atom. The van der Waals surface area contributed by atoms with Crippen molar-refractivity contribution in [3.05, 3.63) is 50.2 Å². The molecule has 1 heterocycles. The average molecular weight is 444 g/mol. The number of nitrogen functional groups attached to an aromatic ring is 1. The molecule has 0 radical (unpaired) electrons. The zero-order valence-electron chi connectivity index (χ0n) is 20.1. The molecule has 1 aromatic carbocycles. The Morgan fingerprint density at radius 2 is 1.69 bits per heavy atom. The maximum absolute atomic E-state index is 13.1. The van der Waals surface area contributed by atoms with Crippen molar-refractivity contribution in [1.29, 1.82) is 0 Å². The van der Waals surface area contributed by atoms with E-state index < -0.39 is 11.2 Å². The summed E-state index contributed by atoms with van der Waals surface area (Å²) in [5.74, 6) is 0.181. The normalized spacial score (nSPS) is 11.2. The van der Waals surface area contributed by atoms with Crippen LogP contribution in [0.4, 0.5) is 17.2 Å². The standard InChI is InChI=1S/C24H37N5O3/c1-7-17-10-9-11-18(8-2)20(17)26-19(30)14-28(12-15(3)4)21-22(25)29(13-16(5)6)24(32)27-23(21)31/h9-11,15-16H,7-8,12-14,25H2,1-6H3,(H,26,30)(H,27,31,32). The zero-order chi connectivity index (χ0) is 24.0. The van der Waals surface area contributed by atoms with E-state index in [1.165, 1.54) is 4.57 Å². The predicted octanol–water partition coefficient (Wildman–Crippen LogP) is 3.00. The summed E-state index contributed by atoms with van der Waals surface area (Å²) in [6.45, 7) is 12.8. The lowest BCUT2D eigenvalue weighted by Gasteiger charge is -2.28.